The van der Waals surface area contributed by atoms with Gasteiger partial charge in [0.2, 0.25) is 6.79 Å². The first-order valence-electron chi connectivity index (χ1n) is 11.1. The number of benzene rings is 2. The van der Waals surface area contributed by atoms with Crippen LogP contribution in [-0.2, 0) is 27.2 Å². The van der Waals surface area contributed by atoms with E-state index < -0.39 is 25.3 Å². The number of fused-ring (bicyclic) bond motifs is 1. The van der Waals surface area contributed by atoms with Crippen molar-refractivity contribution in [1.82, 2.24) is 9.55 Å². The van der Waals surface area contributed by atoms with E-state index in [2.05, 4.69) is 9.55 Å². The van der Waals surface area contributed by atoms with E-state index >= 15 is 0 Å². The number of aldehydes is 1. The van der Waals surface area contributed by atoms with Crippen molar-refractivity contribution in [3.63, 3.8) is 0 Å². The van der Waals surface area contributed by atoms with Gasteiger partial charge in [0, 0.05) is 30.2 Å². The molecule has 8 heteroatoms. The summed E-state index contributed by atoms with van der Waals surface area (Å²) in [6.45, 7) is 1.63. The zero-order chi connectivity index (χ0) is 24.6. The second-order valence-electron chi connectivity index (χ2n) is 7.65. The summed E-state index contributed by atoms with van der Waals surface area (Å²) in [5, 5.41) is 0.645. The second kappa shape index (κ2) is 11.1. The molecular weight excluding hydrogens is 448 g/mol. The fourth-order valence-corrected chi connectivity index (χ4v) is 3.92. The molecule has 2 heterocycles. The van der Waals surface area contributed by atoms with Crippen molar-refractivity contribution in [3.05, 3.63) is 95.4 Å². The van der Waals surface area contributed by atoms with Crippen LogP contribution in [0.1, 0.15) is 38.9 Å². The van der Waals surface area contributed by atoms with Gasteiger partial charge in [0.15, 0.2) is 12.9 Å². The number of nitrogens with zero attached hydrogens (tertiary/aromatic N) is 2. The molecule has 0 unspecified atom stereocenters. The minimum atomic E-state index is -0.715. The van der Waals surface area contributed by atoms with Crippen molar-refractivity contribution in [2.45, 2.75) is 19.9 Å². The minimum Gasteiger partial charge on any atom is -0.481 e. The number of esters is 2. The Balaban J connectivity index is 1.47. The van der Waals surface area contributed by atoms with E-state index in [1.54, 1.807) is 18.2 Å². The number of hydrogen-bond acceptors (Lipinski definition) is 7. The lowest BCUT2D eigenvalue weighted by Crippen LogP contribution is -2.18. The van der Waals surface area contributed by atoms with E-state index in [-0.39, 0.29) is 5.56 Å². The average molecular weight is 472 g/mol. The van der Waals surface area contributed by atoms with E-state index in [4.69, 9.17) is 14.2 Å². The summed E-state index contributed by atoms with van der Waals surface area (Å²) in [6.07, 6.45) is 4.36. The molecule has 4 aromatic rings. The standard InChI is InChI=1S/C27H24N2O6/c1-2-22-21(16-30)26-23(29(22)15-19-8-4-3-5-9-19)11-6-12-24(26)33-17-25(31)34-18-35-27(32)20-10-7-13-28-14-20/h3-14,16H,2,15,17-18H2,1H3. The normalized spacial score (nSPS) is 10.7. The number of hydrogen-bond donors (Lipinski definition) is 0. The lowest BCUT2D eigenvalue weighted by atomic mass is 10.1. The molecule has 8 nitrogen and oxygen atoms in total. The Hall–Kier alpha value is -4.46. The molecule has 0 spiro atoms. The summed E-state index contributed by atoms with van der Waals surface area (Å²) < 4.78 is 17.7. The van der Waals surface area contributed by atoms with Gasteiger partial charge in [0.05, 0.1) is 16.5 Å². The van der Waals surface area contributed by atoms with E-state index in [0.717, 1.165) is 23.1 Å². The molecule has 2 aromatic carbocycles. The molecule has 2 aromatic heterocycles. The second-order valence-corrected chi connectivity index (χ2v) is 7.65. The first kappa shape index (κ1) is 23.7. The van der Waals surface area contributed by atoms with E-state index in [1.807, 2.05) is 49.4 Å². The summed E-state index contributed by atoms with van der Waals surface area (Å²) >= 11 is 0. The van der Waals surface area contributed by atoms with Gasteiger partial charge >= 0.3 is 11.9 Å². The quantitative estimate of drug-likeness (QED) is 0.194. The van der Waals surface area contributed by atoms with E-state index in [0.29, 0.717) is 29.7 Å². The van der Waals surface area contributed by atoms with Gasteiger partial charge in [-0.25, -0.2) is 9.59 Å². The Morgan fingerprint density at radius 2 is 1.83 bits per heavy atom. The third-order valence-corrected chi connectivity index (χ3v) is 5.49. The molecule has 0 radical (unpaired) electrons. The van der Waals surface area contributed by atoms with E-state index in [9.17, 15) is 14.4 Å². The molecule has 0 N–H and O–H groups in total. The third kappa shape index (κ3) is 5.38. The summed E-state index contributed by atoms with van der Waals surface area (Å²) in [4.78, 5) is 40.0. The fourth-order valence-electron chi connectivity index (χ4n) is 3.92. The zero-order valence-electron chi connectivity index (χ0n) is 19.2. The summed E-state index contributed by atoms with van der Waals surface area (Å²) in [5.74, 6) is -0.970. The van der Waals surface area contributed by atoms with E-state index in [1.165, 1.54) is 12.4 Å². The SMILES string of the molecule is CCc1c(C=O)c2c(OCC(=O)OCOC(=O)c3cccnc3)cccc2n1Cc1ccccc1. The molecule has 0 atom stereocenters. The predicted molar refractivity (Wildman–Crippen MR) is 128 cm³/mol. The van der Waals surface area contributed by atoms with Crippen molar-refractivity contribution < 1.29 is 28.6 Å². The topological polar surface area (TPSA) is 96.7 Å². The maximum Gasteiger partial charge on any atom is 0.347 e. The predicted octanol–water partition coefficient (Wildman–Crippen LogP) is 4.20. The Kier molecular flexibility index (Phi) is 7.52. The van der Waals surface area contributed by atoms with Crippen LogP contribution in [0.15, 0.2) is 73.1 Å². The molecule has 0 saturated carbocycles. The molecular formula is C27H24N2O6. The van der Waals surface area contributed by atoms with Crippen molar-refractivity contribution >= 4 is 29.1 Å². The van der Waals surface area contributed by atoms with Crippen LogP contribution in [0.4, 0.5) is 0 Å². The largest absolute Gasteiger partial charge is 0.481 e. The van der Waals surface area contributed by atoms with Crippen LogP contribution in [0.2, 0.25) is 0 Å². The van der Waals surface area contributed by atoms with Crippen LogP contribution in [-0.4, -0.2) is 41.2 Å². The molecule has 178 valence electrons. The molecule has 0 aliphatic heterocycles. The number of carbonyl (C=O) groups is 3. The molecule has 0 bridgehead atoms. The maximum atomic E-state index is 12.2. The van der Waals surface area contributed by atoms with Crippen molar-refractivity contribution in [2.75, 3.05) is 13.4 Å². The van der Waals surface area contributed by atoms with Gasteiger partial charge in [0.25, 0.3) is 0 Å². The van der Waals surface area contributed by atoms with Gasteiger partial charge in [-0.1, -0.05) is 43.3 Å². The smallest absolute Gasteiger partial charge is 0.347 e. The number of ether oxygens (including phenoxy) is 3. The third-order valence-electron chi connectivity index (χ3n) is 5.49. The minimum absolute atomic E-state index is 0.250. The lowest BCUT2D eigenvalue weighted by Gasteiger charge is -2.11. The molecule has 0 aliphatic rings. The van der Waals surface area contributed by atoms with Gasteiger partial charge < -0.3 is 18.8 Å². The van der Waals surface area contributed by atoms with Gasteiger partial charge in [0.1, 0.15) is 5.75 Å². The Bertz CT molecular complexity index is 1330. The molecule has 4 rings (SSSR count). The van der Waals surface area contributed by atoms with Crippen LogP contribution in [0.25, 0.3) is 10.9 Å². The van der Waals surface area contributed by atoms with Crippen molar-refractivity contribution in [1.29, 1.82) is 0 Å². The van der Waals surface area contributed by atoms with Crippen LogP contribution in [0.3, 0.4) is 0 Å². The molecule has 0 aliphatic carbocycles. The first-order chi connectivity index (χ1) is 17.1. The summed E-state index contributed by atoms with van der Waals surface area (Å²) in [6, 6.07) is 18.6. The number of aromatic nitrogens is 2. The highest BCUT2D eigenvalue weighted by Gasteiger charge is 2.20. The highest BCUT2D eigenvalue weighted by Crippen LogP contribution is 2.34. The van der Waals surface area contributed by atoms with Gasteiger partial charge in [-0.15, -0.1) is 0 Å². The highest BCUT2D eigenvalue weighted by molar-refractivity contribution is 6.03. The summed E-state index contributed by atoms with van der Waals surface area (Å²) in [7, 11) is 0. The molecule has 0 saturated heterocycles. The van der Waals surface area contributed by atoms with Gasteiger partial charge in [-0.3, -0.25) is 9.78 Å². The van der Waals surface area contributed by atoms with Crippen molar-refractivity contribution in [2.24, 2.45) is 0 Å². The fraction of sp³-hybridized carbons (Fsp3) is 0.185. The Morgan fingerprint density at radius 1 is 1.00 bits per heavy atom. The van der Waals surface area contributed by atoms with Crippen LogP contribution < -0.4 is 4.74 Å². The lowest BCUT2D eigenvalue weighted by molar-refractivity contribution is -0.154. The zero-order valence-corrected chi connectivity index (χ0v) is 19.2. The van der Waals surface area contributed by atoms with Gasteiger partial charge in [-0.2, -0.15) is 0 Å². The average Bonchev–Trinajstić information content (AvgIpc) is 3.21. The van der Waals surface area contributed by atoms with Gasteiger partial charge in [-0.05, 0) is 36.2 Å². The molecule has 0 fully saturated rings. The van der Waals surface area contributed by atoms with Crippen LogP contribution in [0, 0.1) is 0 Å². The highest BCUT2D eigenvalue weighted by atomic mass is 16.7. The summed E-state index contributed by atoms with van der Waals surface area (Å²) in [5.41, 5.74) is 3.61. The number of carbonyl (C=O) groups excluding carboxylic acids is 3. The van der Waals surface area contributed by atoms with Crippen molar-refractivity contribution in [3.8, 4) is 5.75 Å². The van der Waals surface area contributed by atoms with Crippen LogP contribution in [0.5, 0.6) is 5.75 Å². The van der Waals surface area contributed by atoms with Crippen LogP contribution >= 0.6 is 0 Å². The number of pyridine rings is 1. The molecule has 0 amide bonds. The Labute approximate surface area is 202 Å². The number of rotatable bonds is 10. The molecule has 35 heavy (non-hydrogen) atoms. The monoisotopic (exact) mass is 472 g/mol. The maximum absolute atomic E-state index is 12.2. The first-order valence-corrected chi connectivity index (χ1v) is 11.1. The Morgan fingerprint density at radius 3 is 2.54 bits per heavy atom.